The Balaban J connectivity index is 1.36. The van der Waals surface area contributed by atoms with Crippen molar-refractivity contribution in [2.45, 2.75) is 33.1 Å². The van der Waals surface area contributed by atoms with Crippen LogP contribution in [0.15, 0.2) is 90.2 Å². The number of ether oxygens (including phenoxy) is 1. The molecule has 1 aliphatic heterocycles. The second-order valence-corrected chi connectivity index (χ2v) is 11.5. The predicted octanol–water partition coefficient (Wildman–Crippen LogP) is 5.99. The Morgan fingerprint density at radius 3 is 2.30 bits per heavy atom. The maximum atomic E-state index is 13.1. The zero-order valence-electron chi connectivity index (χ0n) is 25.0. The van der Waals surface area contributed by atoms with Crippen molar-refractivity contribution in [3.05, 3.63) is 118 Å². The molecule has 3 aromatic carbocycles. The van der Waals surface area contributed by atoms with Crippen molar-refractivity contribution in [1.82, 2.24) is 14.5 Å². The number of hydrogen-bond donors (Lipinski definition) is 2. The first-order valence-electron chi connectivity index (χ1n) is 14.1. The molecule has 0 saturated carbocycles. The number of nitrogens with one attached hydrogen (secondary N) is 2. The number of rotatable bonds is 6. The fourth-order valence-corrected chi connectivity index (χ4v) is 4.76. The van der Waals surface area contributed by atoms with Crippen LogP contribution >= 0.6 is 0 Å². The van der Waals surface area contributed by atoms with Crippen molar-refractivity contribution in [1.29, 1.82) is 0 Å². The van der Waals surface area contributed by atoms with Gasteiger partial charge in [0.05, 0.1) is 18.5 Å². The van der Waals surface area contributed by atoms with Crippen LogP contribution in [0.25, 0.3) is 11.3 Å². The van der Waals surface area contributed by atoms with E-state index in [1.54, 1.807) is 48.6 Å². The SMILES string of the molecule is Cc1c(NC(=O)c2ccc(C(C)(C)C)cc2)cccc1-c1cn(C)c(=O)c(Nc2ccc(C(=O)N3C=COCC3)cc2)n1. The first-order valence-corrected chi connectivity index (χ1v) is 14.1. The van der Waals surface area contributed by atoms with Crippen molar-refractivity contribution < 1.29 is 14.3 Å². The van der Waals surface area contributed by atoms with Gasteiger partial charge in [-0.1, -0.05) is 45.0 Å². The summed E-state index contributed by atoms with van der Waals surface area (Å²) in [6, 6.07) is 20.1. The van der Waals surface area contributed by atoms with E-state index < -0.39 is 0 Å². The molecule has 9 heteroatoms. The Hall–Kier alpha value is -5.18. The number of nitrogens with zero attached hydrogens (tertiary/aromatic N) is 3. The summed E-state index contributed by atoms with van der Waals surface area (Å²) in [4.78, 5) is 45.0. The third-order valence-corrected chi connectivity index (χ3v) is 7.38. The zero-order chi connectivity index (χ0) is 30.7. The normalized spacial score (nSPS) is 12.9. The molecule has 220 valence electrons. The average Bonchev–Trinajstić information content (AvgIpc) is 3.00. The topological polar surface area (TPSA) is 106 Å². The van der Waals surface area contributed by atoms with Gasteiger partial charge in [0.25, 0.3) is 17.4 Å². The van der Waals surface area contributed by atoms with Gasteiger partial charge in [0.15, 0.2) is 5.82 Å². The summed E-state index contributed by atoms with van der Waals surface area (Å²) in [5.74, 6) is -0.197. The molecule has 4 aromatic rings. The summed E-state index contributed by atoms with van der Waals surface area (Å²) in [5, 5.41) is 6.12. The van der Waals surface area contributed by atoms with Gasteiger partial charge >= 0.3 is 0 Å². The Morgan fingerprint density at radius 2 is 1.65 bits per heavy atom. The molecule has 2 amide bonds. The fraction of sp³-hybridized carbons (Fsp3) is 0.235. The van der Waals surface area contributed by atoms with Gasteiger partial charge in [-0.2, -0.15) is 0 Å². The number of aryl methyl sites for hydroxylation is 1. The second kappa shape index (κ2) is 12.0. The molecule has 2 N–H and O–H groups in total. The molecule has 5 rings (SSSR count). The van der Waals surface area contributed by atoms with E-state index >= 15 is 0 Å². The van der Waals surface area contributed by atoms with Gasteiger partial charge in [-0.15, -0.1) is 0 Å². The minimum absolute atomic E-state index is 0.000232. The highest BCUT2D eigenvalue weighted by Crippen LogP contribution is 2.29. The monoisotopic (exact) mass is 577 g/mol. The molecule has 1 aliphatic rings. The van der Waals surface area contributed by atoms with Gasteiger partial charge < -0.3 is 24.8 Å². The van der Waals surface area contributed by atoms with Crippen LogP contribution in [0.1, 0.15) is 52.6 Å². The Labute approximate surface area is 250 Å². The lowest BCUT2D eigenvalue weighted by Crippen LogP contribution is -2.31. The van der Waals surface area contributed by atoms with E-state index in [0.29, 0.717) is 41.3 Å². The summed E-state index contributed by atoms with van der Waals surface area (Å²) in [6.07, 6.45) is 4.79. The van der Waals surface area contributed by atoms with Crippen molar-refractivity contribution >= 4 is 29.0 Å². The van der Waals surface area contributed by atoms with Crippen molar-refractivity contribution in [2.24, 2.45) is 7.05 Å². The van der Waals surface area contributed by atoms with Gasteiger partial charge in [-0.25, -0.2) is 4.98 Å². The lowest BCUT2D eigenvalue weighted by Gasteiger charge is -2.21. The molecule has 0 atom stereocenters. The zero-order valence-corrected chi connectivity index (χ0v) is 25.0. The number of anilines is 3. The van der Waals surface area contributed by atoms with Crippen LogP contribution in [0.5, 0.6) is 0 Å². The van der Waals surface area contributed by atoms with Crippen molar-refractivity contribution in [3.8, 4) is 11.3 Å². The van der Waals surface area contributed by atoms with E-state index in [2.05, 4.69) is 36.4 Å². The van der Waals surface area contributed by atoms with E-state index in [-0.39, 0.29) is 28.6 Å². The van der Waals surface area contributed by atoms with Gasteiger partial charge in [0, 0.05) is 47.5 Å². The molecule has 0 unspecified atom stereocenters. The van der Waals surface area contributed by atoms with E-state index in [1.807, 2.05) is 49.4 Å². The van der Waals surface area contributed by atoms with Crippen LogP contribution in [0.2, 0.25) is 0 Å². The lowest BCUT2D eigenvalue weighted by atomic mass is 9.86. The van der Waals surface area contributed by atoms with Crippen LogP contribution in [0.4, 0.5) is 17.2 Å². The molecule has 43 heavy (non-hydrogen) atoms. The Bertz CT molecular complexity index is 1750. The molecule has 0 aliphatic carbocycles. The summed E-state index contributed by atoms with van der Waals surface area (Å²) < 4.78 is 6.62. The number of amides is 2. The molecule has 0 radical (unpaired) electrons. The highest BCUT2D eigenvalue weighted by molar-refractivity contribution is 6.05. The third-order valence-electron chi connectivity index (χ3n) is 7.38. The quantitative estimate of drug-likeness (QED) is 0.292. The van der Waals surface area contributed by atoms with Crippen molar-refractivity contribution in [3.63, 3.8) is 0 Å². The number of benzene rings is 3. The highest BCUT2D eigenvalue weighted by atomic mass is 16.5. The molecule has 2 heterocycles. The van der Waals surface area contributed by atoms with Crippen molar-refractivity contribution in [2.75, 3.05) is 23.8 Å². The Kier molecular flexibility index (Phi) is 8.16. The fourth-order valence-electron chi connectivity index (χ4n) is 4.76. The summed E-state index contributed by atoms with van der Waals surface area (Å²) in [6.45, 7) is 9.25. The Morgan fingerprint density at radius 1 is 0.953 bits per heavy atom. The second-order valence-electron chi connectivity index (χ2n) is 11.5. The number of aromatic nitrogens is 2. The van der Waals surface area contributed by atoms with Crippen LogP contribution < -0.4 is 16.2 Å². The molecule has 0 spiro atoms. The highest BCUT2D eigenvalue weighted by Gasteiger charge is 2.18. The summed E-state index contributed by atoms with van der Waals surface area (Å²) >= 11 is 0. The molecule has 0 saturated heterocycles. The smallest absolute Gasteiger partial charge is 0.293 e. The van der Waals surface area contributed by atoms with Crippen LogP contribution in [0, 0.1) is 6.92 Å². The van der Waals surface area contributed by atoms with E-state index in [9.17, 15) is 14.4 Å². The maximum absolute atomic E-state index is 13.1. The molecular formula is C34H35N5O4. The average molecular weight is 578 g/mol. The lowest BCUT2D eigenvalue weighted by molar-refractivity contribution is 0.0751. The number of carbonyl (C=O) groups excluding carboxylic acids is 2. The summed E-state index contributed by atoms with van der Waals surface area (Å²) in [5.41, 5.74) is 5.38. The number of carbonyl (C=O) groups is 2. The van der Waals surface area contributed by atoms with E-state index in [1.165, 1.54) is 10.8 Å². The molecular weight excluding hydrogens is 542 g/mol. The molecule has 1 aromatic heterocycles. The number of hydrogen-bond acceptors (Lipinski definition) is 6. The van der Waals surface area contributed by atoms with Crippen LogP contribution in [0.3, 0.4) is 0 Å². The molecule has 0 fully saturated rings. The van der Waals surface area contributed by atoms with E-state index in [4.69, 9.17) is 4.74 Å². The van der Waals surface area contributed by atoms with Crippen LogP contribution in [-0.4, -0.2) is 39.4 Å². The van der Waals surface area contributed by atoms with Gasteiger partial charge in [0.1, 0.15) is 6.61 Å². The van der Waals surface area contributed by atoms with Crippen LogP contribution in [-0.2, 0) is 17.2 Å². The third kappa shape index (κ3) is 6.51. The van der Waals surface area contributed by atoms with Gasteiger partial charge in [-0.05, 0) is 65.9 Å². The van der Waals surface area contributed by atoms with Gasteiger partial charge in [0.2, 0.25) is 0 Å². The van der Waals surface area contributed by atoms with Gasteiger partial charge in [-0.3, -0.25) is 14.4 Å². The first-order chi connectivity index (χ1) is 20.5. The molecule has 0 bridgehead atoms. The minimum atomic E-state index is -0.303. The maximum Gasteiger partial charge on any atom is 0.293 e. The predicted molar refractivity (Wildman–Crippen MR) is 169 cm³/mol. The molecule has 9 nitrogen and oxygen atoms in total. The largest absolute Gasteiger partial charge is 0.498 e. The van der Waals surface area contributed by atoms with E-state index in [0.717, 1.165) is 16.7 Å². The first kappa shape index (κ1) is 29.3. The summed E-state index contributed by atoms with van der Waals surface area (Å²) in [7, 11) is 1.67. The standard InChI is InChI=1S/C34H35N5O4/c1-22-27(7-6-8-28(22)37-31(40)23-9-13-25(14-10-23)34(2,3)4)29-21-38(5)33(42)30(36-29)35-26-15-11-24(12-16-26)32(41)39-17-19-43-20-18-39/h6-17,19,21H,18,20H2,1-5H3,(H,35,36)(H,37,40). The minimum Gasteiger partial charge on any atom is -0.498 e.